The highest BCUT2D eigenvalue weighted by Crippen LogP contribution is 2.21. The third kappa shape index (κ3) is 1.11. The van der Waals surface area contributed by atoms with Crippen molar-refractivity contribution in [2.24, 2.45) is 0 Å². The van der Waals surface area contributed by atoms with Crippen molar-refractivity contribution in [3.05, 3.63) is 17.8 Å². The van der Waals surface area contributed by atoms with Crippen LogP contribution in [0.25, 0.3) is 0 Å². The number of nitrogens with zero attached hydrogens (tertiary/aromatic N) is 1. The van der Waals surface area contributed by atoms with E-state index in [4.69, 9.17) is 0 Å². The van der Waals surface area contributed by atoms with Gasteiger partial charge in [0.2, 0.25) is 0 Å². The minimum atomic E-state index is 0.602. The molecule has 4 heteroatoms. The van der Waals surface area contributed by atoms with Crippen LogP contribution in [-0.4, -0.2) is 24.4 Å². The quantitative estimate of drug-likeness (QED) is 0.599. The summed E-state index contributed by atoms with van der Waals surface area (Å²) >= 11 is 0. The second-order valence-electron chi connectivity index (χ2n) is 2.64. The molecule has 0 unspecified atom stereocenters. The Hall–Kier alpha value is -1.58. The Bertz CT molecular complexity index is 311. The standard InChI is InChI=1S/C8H9N3O/c12-5-6-3-7-8(11-4-6)10-2-1-9-7/h3-5,9H,1-2H2,(H,10,11). The Morgan fingerprint density at radius 2 is 2.25 bits per heavy atom. The van der Waals surface area contributed by atoms with E-state index in [9.17, 15) is 4.79 Å². The van der Waals surface area contributed by atoms with Crippen LogP contribution in [0.5, 0.6) is 0 Å². The third-order valence-corrected chi connectivity index (χ3v) is 1.78. The fraction of sp³-hybridized carbons (Fsp3) is 0.250. The fourth-order valence-electron chi connectivity index (χ4n) is 1.20. The zero-order chi connectivity index (χ0) is 8.39. The first kappa shape index (κ1) is 7.09. The molecule has 0 aliphatic carbocycles. The Labute approximate surface area is 70.0 Å². The van der Waals surface area contributed by atoms with Gasteiger partial charge < -0.3 is 10.6 Å². The molecule has 1 aromatic heterocycles. The molecule has 1 aliphatic rings. The third-order valence-electron chi connectivity index (χ3n) is 1.78. The highest BCUT2D eigenvalue weighted by molar-refractivity contribution is 5.79. The molecule has 0 saturated heterocycles. The van der Waals surface area contributed by atoms with Gasteiger partial charge in [-0.1, -0.05) is 0 Å². The van der Waals surface area contributed by atoms with Crippen molar-refractivity contribution in [1.29, 1.82) is 0 Å². The molecule has 1 aliphatic heterocycles. The first-order valence-electron chi connectivity index (χ1n) is 3.83. The molecule has 0 atom stereocenters. The van der Waals surface area contributed by atoms with Crippen LogP contribution in [0.2, 0.25) is 0 Å². The summed E-state index contributed by atoms with van der Waals surface area (Å²) in [7, 11) is 0. The van der Waals surface area contributed by atoms with E-state index in [-0.39, 0.29) is 0 Å². The Morgan fingerprint density at radius 3 is 3.08 bits per heavy atom. The summed E-state index contributed by atoms with van der Waals surface area (Å²) in [5.41, 5.74) is 1.51. The van der Waals surface area contributed by atoms with Crippen molar-refractivity contribution in [2.75, 3.05) is 23.7 Å². The van der Waals surface area contributed by atoms with Gasteiger partial charge in [-0.25, -0.2) is 4.98 Å². The average Bonchev–Trinajstić information content (AvgIpc) is 2.17. The van der Waals surface area contributed by atoms with Crippen LogP contribution in [-0.2, 0) is 0 Å². The number of hydrogen-bond acceptors (Lipinski definition) is 4. The van der Waals surface area contributed by atoms with Crippen LogP contribution >= 0.6 is 0 Å². The first-order valence-corrected chi connectivity index (χ1v) is 3.83. The second-order valence-corrected chi connectivity index (χ2v) is 2.64. The van der Waals surface area contributed by atoms with Crippen LogP contribution in [0.1, 0.15) is 10.4 Å². The molecule has 2 heterocycles. The first-order chi connectivity index (χ1) is 5.90. The van der Waals surface area contributed by atoms with Crippen LogP contribution in [0.3, 0.4) is 0 Å². The molecule has 0 spiro atoms. The largest absolute Gasteiger partial charge is 0.380 e. The Balaban J connectivity index is 2.42. The van der Waals surface area contributed by atoms with Crippen LogP contribution in [0, 0.1) is 0 Å². The number of fused-ring (bicyclic) bond motifs is 1. The van der Waals surface area contributed by atoms with E-state index >= 15 is 0 Å². The molecule has 1 aromatic rings. The van der Waals surface area contributed by atoms with Crippen molar-refractivity contribution >= 4 is 17.8 Å². The molecule has 0 radical (unpaired) electrons. The summed E-state index contributed by atoms with van der Waals surface area (Å²) < 4.78 is 0. The van der Waals surface area contributed by atoms with Gasteiger partial charge in [0.1, 0.15) is 5.82 Å². The van der Waals surface area contributed by atoms with Gasteiger partial charge in [-0.3, -0.25) is 4.79 Å². The van der Waals surface area contributed by atoms with Crippen molar-refractivity contribution in [3.8, 4) is 0 Å². The maximum absolute atomic E-state index is 10.4. The van der Waals surface area contributed by atoms with Gasteiger partial charge in [0, 0.05) is 24.8 Å². The smallest absolute Gasteiger partial charge is 0.151 e. The van der Waals surface area contributed by atoms with E-state index < -0.39 is 0 Å². The number of aldehydes is 1. The van der Waals surface area contributed by atoms with Crippen molar-refractivity contribution in [3.63, 3.8) is 0 Å². The lowest BCUT2D eigenvalue weighted by atomic mass is 10.2. The van der Waals surface area contributed by atoms with E-state index in [2.05, 4.69) is 15.6 Å². The van der Waals surface area contributed by atoms with Crippen LogP contribution in [0.15, 0.2) is 12.3 Å². The topological polar surface area (TPSA) is 54.0 Å². The molecule has 62 valence electrons. The minimum Gasteiger partial charge on any atom is -0.380 e. The zero-order valence-corrected chi connectivity index (χ0v) is 6.50. The summed E-state index contributed by atoms with van der Waals surface area (Å²) in [5, 5.41) is 6.28. The molecule has 12 heavy (non-hydrogen) atoms. The summed E-state index contributed by atoms with van der Waals surface area (Å²) in [6.45, 7) is 1.75. The predicted molar refractivity (Wildman–Crippen MR) is 46.6 cm³/mol. The number of carbonyl (C=O) groups is 1. The summed E-state index contributed by atoms with van der Waals surface area (Å²) in [6.07, 6.45) is 2.36. The van der Waals surface area contributed by atoms with Gasteiger partial charge in [-0.15, -0.1) is 0 Å². The van der Waals surface area contributed by atoms with Gasteiger partial charge in [0.25, 0.3) is 0 Å². The number of anilines is 2. The molecule has 2 rings (SSSR count). The van der Waals surface area contributed by atoms with E-state index in [1.165, 1.54) is 0 Å². The molecular weight excluding hydrogens is 154 g/mol. The van der Waals surface area contributed by atoms with Crippen LogP contribution in [0.4, 0.5) is 11.5 Å². The summed E-state index contributed by atoms with van der Waals surface area (Å²) in [6, 6.07) is 1.79. The number of hydrogen-bond donors (Lipinski definition) is 2. The predicted octanol–water partition coefficient (Wildman–Crippen LogP) is 0.731. The SMILES string of the molecule is O=Cc1cnc2c(c1)NCCN2. The van der Waals surface area contributed by atoms with Crippen molar-refractivity contribution in [2.45, 2.75) is 0 Å². The highest BCUT2D eigenvalue weighted by atomic mass is 16.1. The summed E-state index contributed by atoms with van der Waals surface area (Å²) in [4.78, 5) is 14.5. The van der Waals surface area contributed by atoms with Gasteiger partial charge in [0.15, 0.2) is 6.29 Å². The number of aromatic nitrogens is 1. The summed E-state index contributed by atoms with van der Waals surface area (Å²) in [5.74, 6) is 0.826. The van der Waals surface area contributed by atoms with Gasteiger partial charge in [-0.2, -0.15) is 0 Å². The number of carbonyl (C=O) groups excluding carboxylic acids is 1. The molecular formula is C8H9N3O. The number of rotatable bonds is 1. The van der Waals surface area contributed by atoms with E-state index in [1.807, 2.05) is 0 Å². The van der Waals surface area contributed by atoms with E-state index in [1.54, 1.807) is 12.3 Å². The zero-order valence-electron chi connectivity index (χ0n) is 6.50. The molecule has 0 fully saturated rings. The van der Waals surface area contributed by atoms with Crippen LogP contribution < -0.4 is 10.6 Å². The second kappa shape index (κ2) is 2.81. The molecule has 2 N–H and O–H groups in total. The van der Waals surface area contributed by atoms with Crippen molar-refractivity contribution in [1.82, 2.24) is 4.98 Å². The van der Waals surface area contributed by atoms with E-state index in [0.717, 1.165) is 30.9 Å². The van der Waals surface area contributed by atoms with E-state index in [0.29, 0.717) is 5.56 Å². The van der Waals surface area contributed by atoms with Gasteiger partial charge in [0.05, 0.1) is 5.69 Å². The molecule has 0 saturated carbocycles. The van der Waals surface area contributed by atoms with Gasteiger partial charge >= 0.3 is 0 Å². The Morgan fingerprint density at radius 1 is 1.42 bits per heavy atom. The average molecular weight is 163 g/mol. The molecule has 0 bridgehead atoms. The maximum atomic E-state index is 10.4. The molecule has 0 aromatic carbocycles. The van der Waals surface area contributed by atoms with Gasteiger partial charge in [-0.05, 0) is 6.07 Å². The lowest BCUT2D eigenvalue weighted by Gasteiger charge is -2.18. The normalized spacial score (nSPS) is 14.0. The highest BCUT2D eigenvalue weighted by Gasteiger charge is 2.08. The Kier molecular flexibility index (Phi) is 1.66. The number of pyridine rings is 1. The van der Waals surface area contributed by atoms with Crippen molar-refractivity contribution < 1.29 is 4.79 Å². The lowest BCUT2D eigenvalue weighted by Crippen LogP contribution is -2.21. The fourth-order valence-corrected chi connectivity index (χ4v) is 1.20. The maximum Gasteiger partial charge on any atom is 0.151 e. The molecule has 4 nitrogen and oxygen atoms in total. The minimum absolute atomic E-state index is 0.602. The lowest BCUT2D eigenvalue weighted by molar-refractivity contribution is 0.112. The number of nitrogens with one attached hydrogen (secondary N) is 2. The molecule has 0 amide bonds. The monoisotopic (exact) mass is 163 g/mol.